The summed E-state index contributed by atoms with van der Waals surface area (Å²) < 4.78 is 10.6. The number of nitrogens with one attached hydrogen (secondary N) is 1. The number of halogens is 1. The highest BCUT2D eigenvalue weighted by Gasteiger charge is 2.25. The fraction of sp³-hybridized carbons (Fsp3) is 0.625. The van der Waals surface area contributed by atoms with Gasteiger partial charge in [0.25, 0.3) is 11.9 Å². The van der Waals surface area contributed by atoms with Gasteiger partial charge in [-0.25, -0.2) is 0 Å². The zero-order valence-electron chi connectivity index (χ0n) is 13.6. The summed E-state index contributed by atoms with van der Waals surface area (Å²) in [5, 5.41) is 7.96. The lowest BCUT2D eigenvalue weighted by Gasteiger charge is -2.34. The van der Waals surface area contributed by atoms with Gasteiger partial charge in [0.1, 0.15) is 0 Å². The first-order chi connectivity index (χ1) is 10.7. The van der Waals surface area contributed by atoms with Gasteiger partial charge in [-0.3, -0.25) is 10.2 Å². The van der Waals surface area contributed by atoms with E-state index in [9.17, 15) is 4.79 Å². The summed E-state index contributed by atoms with van der Waals surface area (Å²) in [6.45, 7) is 5.19. The molecule has 23 heavy (non-hydrogen) atoms. The summed E-state index contributed by atoms with van der Waals surface area (Å²) in [6.07, 6.45) is 6.06. The van der Waals surface area contributed by atoms with Crippen molar-refractivity contribution in [1.82, 2.24) is 9.80 Å². The number of hydrogen-bond acceptors (Lipinski definition) is 4. The van der Waals surface area contributed by atoms with Crippen LogP contribution in [0.3, 0.4) is 0 Å². The SMILES string of the molecule is CCCCCCOC(=N)N1CCN(C(=O)c2ccco2)CC1.Cl. The van der Waals surface area contributed by atoms with Crippen LogP contribution in [0.2, 0.25) is 0 Å². The molecule has 0 spiro atoms. The quantitative estimate of drug-likeness (QED) is 0.489. The van der Waals surface area contributed by atoms with E-state index in [-0.39, 0.29) is 24.3 Å². The summed E-state index contributed by atoms with van der Waals surface area (Å²) in [7, 11) is 0. The fourth-order valence-electron chi connectivity index (χ4n) is 2.46. The summed E-state index contributed by atoms with van der Waals surface area (Å²) in [4.78, 5) is 15.8. The molecule has 2 heterocycles. The Kier molecular flexibility index (Phi) is 8.55. The van der Waals surface area contributed by atoms with Crippen molar-refractivity contribution in [1.29, 1.82) is 5.41 Å². The first-order valence-electron chi connectivity index (χ1n) is 8.01. The molecule has 2 rings (SSSR count). The summed E-state index contributed by atoms with van der Waals surface area (Å²) in [6, 6.07) is 3.61. The number of amidine groups is 1. The Morgan fingerprint density at radius 3 is 2.52 bits per heavy atom. The predicted molar refractivity (Wildman–Crippen MR) is 91.3 cm³/mol. The van der Waals surface area contributed by atoms with Gasteiger partial charge in [-0.05, 0) is 18.6 Å². The van der Waals surface area contributed by atoms with E-state index in [1.165, 1.54) is 19.1 Å². The molecule has 0 saturated carbocycles. The Bertz CT molecular complexity index is 471. The van der Waals surface area contributed by atoms with Gasteiger partial charge >= 0.3 is 0 Å². The summed E-state index contributed by atoms with van der Waals surface area (Å²) >= 11 is 0. The van der Waals surface area contributed by atoms with Crippen molar-refractivity contribution < 1.29 is 13.9 Å². The molecule has 1 amide bonds. The molecular formula is C16H26ClN3O3. The number of unbranched alkanes of at least 4 members (excludes halogenated alkanes) is 3. The minimum Gasteiger partial charge on any atom is -0.465 e. The molecule has 1 aliphatic rings. The van der Waals surface area contributed by atoms with Crippen molar-refractivity contribution in [2.45, 2.75) is 32.6 Å². The fourth-order valence-corrected chi connectivity index (χ4v) is 2.46. The van der Waals surface area contributed by atoms with Crippen LogP contribution in [0.4, 0.5) is 0 Å². The average Bonchev–Trinajstić information content (AvgIpc) is 3.08. The zero-order chi connectivity index (χ0) is 15.8. The van der Waals surface area contributed by atoms with E-state index in [0.717, 1.165) is 12.8 Å². The Morgan fingerprint density at radius 1 is 1.22 bits per heavy atom. The van der Waals surface area contributed by atoms with Gasteiger partial charge in [-0.15, -0.1) is 12.4 Å². The monoisotopic (exact) mass is 343 g/mol. The summed E-state index contributed by atoms with van der Waals surface area (Å²) in [5.74, 6) is 0.285. The Morgan fingerprint density at radius 2 is 1.91 bits per heavy atom. The van der Waals surface area contributed by atoms with Crippen LogP contribution < -0.4 is 0 Å². The standard InChI is InChI=1S/C16H25N3O3.ClH/c1-2-3-4-5-12-22-16(17)19-10-8-18(9-11-19)15(20)14-7-6-13-21-14;/h6-7,13,17H,2-5,8-12H2,1H3;1H. The maximum absolute atomic E-state index is 12.1. The van der Waals surface area contributed by atoms with E-state index in [4.69, 9.17) is 14.6 Å². The third-order valence-electron chi connectivity index (χ3n) is 3.82. The number of nitrogens with zero attached hydrogens (tertiary/aromatic N) is 2. The largest absolute Gasteiger partial charge is 0.465 e. The Labute approximate surface area is 143 Å². The Balaban J connectivity index is 0.00000264. The number of amides is 1. The molecule has 1 N–H and O–H groups in total. The molecule has 1 aromatic rings. The number of hydrogen-bond donors (Lipinski definition) is 1. The third kappa shape index (κ3) is 5.78. The molecule has 0 atom stereocenters. The van der Waals surface area contributed by atoms with Gasteiger partial charge < -0.3 is 19.0 Å². The zero-order valence-corrected chi connectivity index (χ0v) is 14.4. The molecule has 0 unspecified atom stereocenters. The van der Waals surface area contributed by atoms with Crippen LogP contribution in [0, 0.1) is 5.41 Å². The number of rotatable bonds is 6. The van der Waals surface area contributed by atoms with Crippen LogP contribution in [-0.2, 0) is 4.74 Å². The molecule has 1 fully saturated rings. The van der Waals surface area contributed by atoms with Crippen LogP contribution in [0.25, 0.3) is 0 Å². The van der Waals surface area contributed by atoms with Crippen LogP contribution >= 0.6 is 12.4 Å². The molecule has 0 bridgehead atoms. The van der Waals surface area contributed by atoms with E-state index in [1.807, 2.05) is 4.90 Å². The lowest BCUT2D eigenvalue weighted by molar-refractivity contribution is 0.0637. The molecule has 1 saturated heterocycles. The second-order valence-corrected chi connectivity index (χ2v) is 5.47. The lowest BCUT2D eigenvalue weighted by Crippen LogP contribution is -2.50. The molecule has 1 aromatic heterocycles. The molecule has 130 valence electrons. The van der Waals surface area contributed by atoms with E-state index >= 15 is 0 Å². The van der Waals surface area contributed by atoms with Crippen LogP contribution in [-0.4, -0.2) is 54.5 Å². The van der Waals surface area contributed by atoms with E-state index < -0.39 is 0 Å². The number of carbonyl (C=O) groups excluding carboxylic acids is 1. The normalized spacial score (nSPS) is 14.3. The van der Waals surface area contributed by atoms with Crippen molar-refractivity contribution in [2.24, 2.45) is 0 Å². The van der Waals surface area contributed by atoms with E-state index in [1.54, 1.807) is 17.0 Å². The molecular weight excluding hydrogens is 318 g/mol. The minimum atomic E-state index is -0.0864. The highest BCUT2D eigenvalue weighted by atomic mass is 35.5. The molecule has 6 nitrogen and oxygen atoms in total. The molecule has 0 aliphatic carbocycles. The first kappa shape index (κ1) is 19.4. The van der Waals surface area contributed by atoms with Crippen molar-refractivity contribution in [3.63, 3.8) is 0 Å². The van der Waals surface area contributed by atoms with Crippen molar-refractivity contribution >= 4 is 24.3 Å². The second kappa shape index (κ2) is 10.2. The third-order valence-corrected chi connectivity index (χ3v) is 3.82. The summed E-state index contributed by atoms with van der Waals surface area (Å²) in [5.41, 5.74) is 0. The number of ether oxygens (including phenoxy) is 1. The molecule has 1 aliphatic heterocycles. The molecule has 0 radical (unpaired) electrons. The van der Waals surface area contributed by atoms with Crippen molar-refractivity contribution in [2.75, 3.05) is 32.8 Å². The first-order valence-corrected chi connectivity index (χ1v) is 8.01. The number of piperazine rings is 1. The minimum absolute atomic E-state index is 0. The van der Waals surface area contributed by atoms with Gasteiger partial charge in [0.2, 0.25) is 0 Å². The Hall–Kier alpha value is -1.69. The van der Waals surface area contributed by atoms with Crippen LogP contribution in [0.15, 0.2) is 22.8 Å². The molecule has 0 aromatic carbocycles. The van der Waals surface area contributed by atoms with Crippen LogP contribution in [0.5, 0.6) is 0 Å². The smallest absolute Gasteiger partial charge is 0.289 e. The molecule has 7 heteroatoms. The maximum Gasteiger partial charge on any atom is 0.289 e. The number of furan rings is 1. The average molecular weight is 344 g/mol. The second-order valence-electron chi connectivity index (χ2n) is 5.47. The van der Waals surface area contributed by atoms with Crippen molar-refractivity contribution in [3.05, 3.63) is 24.2 Å². The van der Waals surface area contributed by atoms with Crippen molar-refractivity contribution in [3.8, 4) is 0 Å². The van der Waals surface area contributed by atoms with E-state index in [0.29, 0.717) is 38.5 Å². The van der Waals surface area contributed by atoms with Gasteiger partial charge in [-0.2, -0.15) is 0 Å². The van der Waals surface area contributed by atoms with Gasteiger partial charge in [-0.1, -0.05) is 26.2 Å². The topological polar surface area (TPSA) is 69.8 Å². The van der Waals surface area contributed by atoms with Crippen LogP contribution in [0.1, 0.15) is 43.2 Å². The van der Waals surface area contributed by atoms with Gasteiger partial charge in [0, 0.05) is 26.2 Å². The lowest BCUT2D eigenvalue weighted by atomic mass is 10.2. The number of carbonyl (C=O) groups is 1. The predicted octanol–water partition coefficient (Wildman–Crippen LogP) is 2.99. The van der Waals surface area contributed by atoms with E-state index in [2.05, 4.69) is 6.92 Å². The highest BCUT2D eigenvalue weighted by molar-refractivity contribution is 5.91. The highest BCUT2D eigenvalue weighted by Crippen LogP contribution is 2.10. The van der Waals surface area contributed by atoms with Gasteiger partial charge in [0.15, 0.2) is 5.76 Å². The van der Waals surface area contributed by atoms with Gasteiger partial charge in [0.05, 0.1) is 12.9 Å². The maximum atomic E-state index is 12.1.